The second-order valence-electron chi connectivity index (χ2n) is 5.94. The Hall–Kier alpha value is -0.890. The fourth-order valence-corrected chi connectivity index (χ4v) is 3.00. The predicted molar refractivity (Wildman–Crippen MR) is 79.9 cm³/mol. The molecule has 0 spiro atoms. The van der Waals surface area contributed by atoms with Crippen molar-refractivity contribution in [2.75, 3.05) is 26.3 Å². The van der Waals surface area contributed by atoms with E-state index in [1.54, 1.807) is 0 Å². The number of hydrogen-bond donors (Lipinski definition) is 0. The fourth-order valence-electron chi connectivity index (χ4n) is 3.00. The average Bonchev–Trinajstić information content (AvgIpc) is 2.66. The van der Waals surface area contributed by atoms with Gasteiger partial charge in [-0.1, -0.05) is 38.2 Å². The van der Waals surface area contributed by atoms with Crippen LogP contribution in [0.15, 0.2) is 35.5 Å². The van der Waals surface area contributed by atoms with Crippen molar-refractivity contribution in [2.45, 2.75) is 33.1 Å². The largest absolute Gasteiger partial charge is 0.301 e. The van der Waals surface area contributed by atoms with Crippen LogP contribution in [-0.2, 0) is 0 Å². The molecule has 0 saturated carbocycles. The van der Waals surface area contributed by atoms with E-state index in [-0.39, 0.29) is 6.67 Å². The van der Waals surface area contributed by atoms with Gasteiger partial charge in [0.05, 0.1) is 0 Å². The third-order valence-electron chi connectivity index (χ3n) is 4.30. The molecule has 0 aromatic rings. The van der Waals surface area contributed by atoms with Crippen LogP contribution in [0.1, 0.15) is 33.1 Å². The Balaban J connectivity index is 1.91. The van der Waals surface area contributed by atoms with E-state index >= 15 is 0 Å². The molecule has 0 atom stereocenters. The zero-order valence-corrected chi connectivity index (χ0v) is 12.2. The van der Waals surface area contributed by atoms with Crippen LogP contribution < -0.4 is 0 Å². The molecule has 1 heterocycles. The van der Waals surface area contributed by atoms with Gasteiger partial charge in [-0.05, 0) is 55.3 Å². The first-order valence-corrected chi connectivity index (χ1v) is 7.57. The van der Waals surface area contributed by atoms with Crippen LogP contribution in [0.4, 0.5) is 4.39 Å². The van der Waals surface area contributed by atoms with Crippen LogP contribution in [-0.4, -0.2) is 31.2 Å². The molecule has 2 aliphatic rings. The number of halogens is 1. The van der Waals surface area contributed by atoms with E-state index in [4.69, 9.17) is 0 Å². The van der Waals surface area contributed by atoms with Crippen LogP contribution in [0.25, 0.3) is 0 Å². The quantitative estimate of drug-likeness (QED) is 0.737. The van der Waals surface area contributed by atoms with Crippen LogP contribution in [0.3, 0.4) is 0 Å². The van der Waals surface area contributed by atoms with Crippen molar-refractivity contribution in [2.24, 2.45) is 11.8 Å². The maximum absolute atomic E-state index is 12.3. The number of likely N-dealkylation sites (tertiary alicyclic amines) is 1. The summed E-state index contributed by atoms with van der Waals surface area (Å²) in [6.07, 6.45) is 12.7. The van der Waals surface area contributed by atoms with Crippen molar-refractivity contribution >= 4 is 0 Å². The minimum Gasteiger partial charge on any atom is -0.301 e. The monoisotopic (exact) mass is 263 g/mol. The molecular weight excluding hydrogens is 237 g/mol. The van der Waals surface area contributed by atoms with Crippen molar-refractivity contribution in [3.63, 3.8) is 0 Å². The number of nitrogens with zero attached hydrogens (tertiary/aromatic N) is 1. The zero-order valence-electron chi connectivity index (χ0n) is 12.2. The molecule has 0 aromatic heterocycles. The van der Waals surface area contributed by atoms with Crippen molar-refractivity contribution < 1.29 is 4.39 Å². The van der Waals surface area contributed by atoms with Gasteiger partial charge in [0.1, 0.15) is 6.67 Å². The highest BCUT2D eigenvalue weighted by molar-refractivity contribution is 5.34. The molecule has 1 nitrogen and oxygen atoms in total. The summed E-state index contributed by atoms with van der Waals surface area (Å²) in [6.45, 7) is 6.98. The first-order valence-electron chi connectivity index (χ1n) is 7.57. The Bertz CT molecular complexity index is 371. The third kappa shape index (κ3) is 4.04. The number of rotatable bonds is 4. The fraction of sp³-hybridized carbons (Fsp3) is 0.647. The van der Waals surface area contributed by atoms with E-state index in [1.807, 2.05) is 0 Å². The summed E-state index contributed by atoms with van der Waals surface area (Å²) in [5.74, 6) is 1.28. The average molecular weight is 263 g/mol. The third-order valence-corrected chi connectivity index (χ3v) is 4.30. The summed E-state index contributed by atoms with van der Waals surface area (Å²) in [5, 5.41) is 0. The van der Waals surface area contributed by atoms with Crippen LogP contribution in [0.5, 0.6) is 0 Å². The molecule has 0 radical (unpaired) electrons. The van der Waals surface area contributed by atoms with Gasteiger partial charge in [0.15, 0.2) is 0 Å². The molecule has 0 unspecified atom stereocenters. The number of piperidine rings is 1. The van der Waals surface area contributed by atoms with E-state index in [9.17, 15) is 4.39 Å². The summed E-state index contributed by atoms with van der Waals surface area (Å²) in [4.78, 5) is 2.25. The molecule has 1 aliphatic carbocycles. The van der Waals surface area contributed by atoms with Gasteiger partial charge in [0, 0.05) is 6.54 Å². The summed E-state index contributed by atoms with van der Waals surface area (Å²) in [7, 11) is 0. The summed E-state index contributed by atoms with van der Waals surface area (Å²) in [6, 6.07) is 0. The first-order chi connectivity index (χ1) is 9.20. The Morgan fingerprint density at radius 2 is 1.95 bits per heavy atom. The minimum absolute atomic E-state index is 0.213. The molecule has 106 valence electrons. The highest BCUT2D eigenvalue weighted by Crippen LogP contribution is 2.28. The summed E-state index contributed by atoms with van der Waals surface area (Å²) >= 11 is 0. The topological polar surface area (TPSA) is 3.24 Å². The smallest absolute Gasteiger partial charge is 0.102 e. The molecule has 1 aliphatic heterocycles. The first kappa shape index (κ1) is 14.5. The van der Waals surface area contributed by atoms with Gasteiger partial charge in [-0.15, -0.1) is 0 Å². The van der Waals surface area contributed by atoms with Gasteiger partial charge in [0.2, 0.25) is 0 Å². The van der Waals surface area contributed by atoms with Gasteiger partial charge >= 0.3 is 0 Å². The molecule has 0 N–H and O–H groups in total. The van der Waals surface area contributed by atoms with E-state index in [0.29, 0.717) is 18.4 Å². The second-order valence-corrected chi connectivity index (χ2v) is 5.94. The van der Waals surface area contributed by atoms with Crippen molar-refractivity contribution in [3.8, 4) is 0 Å². The maximum atomic E-state index is 12.3. The molecule has 2 rings (SSSR count). The van der Waals surface area contributed by atoms with Gasteiger partial charge in [-0.3, -0.25) is 0 Å². The molecule has 1 fully saturated rings. The lowest BCUT2D eigenvalue weighted by Gasteiger charge is -2.31. The van der Waals surface area contributed by atoms with E-state index < -0.39 is 0 Å². The van der Waals surface area contributed by atoms with E-state index in [1.165, 1.54) is 24.0 Å². The van der Waals surface area contributed by atoms with Crippen LogP contribution in [0, 0.1) is 11.8 Å². The minimum atomic E-state index is -0.213. The lowest BCUT2D eigenvalue weighted by molar-refractivity contribution is 0.186. The SMILES string of the molecule is CC(C)C1=CCC=C(C2CCN(CCF)CC2)C=C1. The molecular formula is C17H26FN. The van der Waals surface area contributed by atoms with Crippen molar-refractivity contribution in [1.82, 2.24) is 4.90 Å². The number of alkyl halides is 1. The predicted octanol–water partition coefficient (Wildman–Crippen LogP) is 4.14. The highest BCUT2D eigenvalue weighted by Gasteiger charge is 2.21. The van der Waals surface area contributed by atoms with Crippen LogP contribution in [0.2, 0.25) is 0 Å². The van der Waals surface area contributed by atoms with E-state index in [2.05, 4.69) is 43.1 Å². The van der Waals surface area contributed by atoms with Crippen molar-refractivity contribution in [3.05, 3.63) is 35.5 Å². The molecule has 0 bridgehead atoms. The normalized spacial score (nSPS) is 22.3. The lowest BCUT2D eigenvalue weighted by Crippen LogP contribution is -2.35. The maximum Gasteiger partial charge on any atom is 0.102 e. The summed E-state index contributed by atoms with van der Waals surface area (Å²) < 4.78 is 12.3. The number of allylic oxidation sites excluding steroid dienone is 6. The Kier molecular flexibility index (Phi) is 5.38. The Morgan fingerprint density at radius 1 is 1.21 bits per heavy atom. The summed E-state index contributed by atoms with van der Waals surface area (Å²) in [5.41, 5.74) is 2.94. The van der Waals surface area contributed by atoms with Gasteiger partial charge in [0.25, 0.3) is 0 Å². The molecule has 0 amide bonds. The van der Waals surface area contributed by atoms with Gasteiger partial charge < -0.3 is 4.90 Å². The molecule has 19 heavy (non-hydrogen) atoms. The van der Waals surface area contributed by atoms with Crippen LogP contribution >= 0.6 is 0 Å². The standard InChI is InChI=1S/C17H26FN/c1-14(2)15-4-3-5-16(7-6-15)17-8-11-19(12-9-17)13-10-18/h4-7,14,17H,3,8-13H2,1-2H3. The zero-order chi connectivity index (χ0) is 13.7. The molecule has 0 aromatic carbocycles. The van der Waals surface area contributed by atoms with E-state index in [0.717, 1.165) is 19.5 Å². The second kappa shape index (κ2) is 7.04. The number of hydrogen-bond acceptors (Lipinski definition) is 1. The van der Waals surface area contributed by atoms with Crippen molar-refractivity contribution in [1.29, 1.82) is 0 Å². The molecule has 2 heteroatoms. The molecule has 1 saturated heterocycles. The Labute approximate surface area is 116 Å². The van der Waals surface area contributed by atoms with Gasteiger partial charge in [-0.25, -0.2) is 4.39 Å². The van der Waals surface area contributed by atoms with Gasteiger partial charge in [-0.2, -0.15) is 0 Å². The highest BCUT2D eigenvalue weighted by atomic mass is 19.1. The lowest BCUT2D eigenvalue weighted by atomic mass is 9.88. The Morgan fingerprint density at radius 3 is 2.58 bits per heavy atom.